The Labute approximate surface area is 179 Å². The third-order valence-electron chi connectivity index (χ3n) is 5.66. The van der Waals surface area contributed by atoms with Gasteiger partial charge in [-0.05, 0) is 44.0 Å². The highest BCUT2D eigenvalue weighted by molar-refractivity contribution is 6.33. The molecule has 0 radical (unpaired) electrons. The molecule has 0 saturated carbocycles. The van der Waals surface area contributed by atoms with Crippen LogP contribution in [0, 0.1) is 6.92 Å². The molecule has 2 aromatic carbocycles. The second kappa shape index (κ2) is 7.61. The Balaban J connectivity index is 1.33. The molecule has 7 heteroatoms. The molecule has 30 heavy (non-hydrogen) atoms. The Morgan fingerprint density at radius 2 is 1.77 bits per heavy atom. The van der Waals surface area contributed by atoms with Gasteiger partial charge in [0.25, 0.3) is 5.91 Å². The molecule has 0 bridgehead atoms. The van der Waals surface area contributed by atoms with E-state index >= 15 is 0 Å². The maximum absolute atomic E-state index is 13.2. The van der Waals surface area contributed by atoms with Crippen molar-refractivity contribution in [1.82, 2.24) is 19.7 Å². The molecule has 0 atom stereocenters. The van der Waals surface area contributed by atoms with Crippen LogP contribution in [0.3, 0.4) is 0 Å². The van der Waals surface area contributed by atoms with Crippen LogP contribution in [-0.4, -0.2) is 38.7 Å². The first-order valence-corrected chi connectivity index (χ1v) is 10.4. The molecule has 1 aliphatic rings. The lowest BCUT2D eigenvalue weighted by molar-refractivity contribution is 0.0706. The lowest BCUT2D eigenvalue weighted by atomic mass is 9.96. The first-order valence-electron chi connectivity index (χ1n) is 10.1. The van der Waals surface area contributed by atoms with Gasteiger partial charge in [-0.2, -0.15) is 5.10 Å². The molecule has 4 aromatic rings. The fraction of sp³-hybridized carbons (Fsp3) is 0.261. The molecular formula is C23H21ClN4O2. The van der Waals surface area contributed by atoms with E-state index in [0.717, 1.165) is 35.5 Å². The van der Waals surface area contributed by atoms with Crippen molar-refractivity contribution in [3.63, 3.8) is 0 Å². The van der Waals surface area contributed by atoms with Gasteiger partial charge in [0, 0.05) is 19.0 Å². The summed E-state index contributed by atoms with van der Waals surface area (Å²) < 4.78 is 7.55. The van der Waals surface area contributed by atoms with E-state index in [2.05, 4.69) is 10.1 Å². The fourth-order valence-electron chi connectivity index (χ4n) is 4.03. The molecule has 0 aliphatic carbocycles. The van der Waals surface area contributed by atoms with Gasteiger partial charge in [-0.1, -0.05) is 41.9 Å². The summed E-state index contributed by atoms with van der Waals surface area (Å²) >= 11 is 6.58. The quantitative estimate of drug-likeness (QED) is 0.468. The average Bonchev–Trinajstić information content (AvgIpc) is 3.34. The molecule has 0 spiro atoms. The molecule has 1 saturated heterocycles. The van der Waals surface area contributed by atoms with Crippen LogP contribution >= 0.6 is 11.6 Å². The van der Waals surface area contributed by atoms with E-state index < -0.39 is 0 Å². The lowest BCUT2D eigenvalue weighted by Gasteiger charge is -2.30. The van der Waals surface area contributed by atoms with Gasteiger partial charge in [0.1, 0.15) is 10.7 Å². The summed E-state index contributed by atoms with van der Waals surface area (Å²) in [4.78, 5) is 19.7. The molecule has 0 unspecified atom stereocenters. The fourth-order valence-corrected chi connectivity index (χ4v) is 4.39. The molecular weight excluding hydrogens is 400 g/mol. The van der Waals surface area contributed by atoms with E-state index in [1.807, 2.05) is 66.4 Å². The van der Waals surface area contributed by atoms with Gasteiger partial charge in [-0.3, -0.25) is 4.79 Å². The van der Waals surface area contributed by atoms with Gasteiger partial charge in [-0.15, -0.1) is 0 Å². The van der Waals surface area contributed by atoms with Crippen LogP contribution in [-0.2, 0) is 0 Å². The summed E-state index contributed by atoms with van der Waals surface area (Å²) in [6.07, 6.45) is 1.62. The smallest absolute Gasteiger partial charge is 0.258 e. The molecule has 2 aromatic heterocycles. The Kier molecular flexibility index (Phi) is 4.79. The number of aromatic nitrogens is 3. The maximum Gasteiger partial charge on any atom is 0.258 e. The number of fused-ring (bicyclic) bond motifs is 1. The van der Waals surface area contributed by atoms with E-state index in [0.29, 0.717) is 29.5 Å². The highest BCUT2D eigenvalue weighted by Gasteiger charge is 2.31. The summed E-state index contributed by atoms with van der Waals surface area (Å²) in [5.41, 5.74) is 3.62. The number of carbonyl (C=O) groups is 1. The Hall–Kier alpha value is -3.12. The average molecular weight is 421 g/mol. The number of benzene rings is 2. The van der Waals surface area contributed by atoms with Gasteiger partial charge in [0.2, 0.25) is 0 Å². The molecule has 1 fully saturated rings. The summed E-state index contributed by atoms with van der Waals surface area (Å²) in [6, 6.07) is 17.4. The second-order valence-corrected chi connectivity index (χ2v) is 7.94. The zero-order valence-corrected chi connectivity index (χ0v) is 17.3. The van der Waals surface area contributed by atoms with Crippen LogP contribution in [0.1, 0.15) is 40.7 Å². The first kappa shape index (κ1) is 18.9. The zero-order chi connectivity index (χ0) is 20.7. The predicted octanol–water partition coefficient (Wildman–Crippen LogP) is 5.00. The van der Waals surface area contributed by atoms with Crippen LogP contribution in [0.4, 0.5) is 0 Å². The highest BCUT2D eigenvalue weighted by Crippen LogP contribution is 2.32. The third kappa shape index (κ3) is 3.27. The third-order valence-corrected chi connectivity index (χ3v) is 6.01. The summed E-state index contributed by atoms with van der Waals surface area (Å²) in [7, 11) is 0. The SMILES string of the molecule is Cc1nn(-c2ccccc2)c(Cl)c1C(=O)N1CCC(c2nc3ccccc3o2)CC1. The van der Waals surface area contributed by atoms with E-state index in [4.69, 9.17) is 16.0 Å². The first-order chi connectivity index (χ1) is 14.6. The number of likely N-dealkylation sites (tertiary alicyclic amines) is 1. The number of hydrogen-bond donors (Lipinski definition) is 0. The summed E-state index contributed by atoms with van der Waals surface area (Å²) in [5.74, 6) is 0.898. The van der Waals surface area contributed by atoms with Gasteiger partial charge < -0.3 is 9.32 Å². The minimum atomic E-state index is -0.0734. The maximum atomic E-state index is 13.2. The molecule has 3 heterocycles. The van der Waals surface area contributed by atoms with Crippen LogP contribution in [0.15, 0.2) is 59.0 Å². The summed E-state index contributed by atoms with van der Waals surface area (Å²) in [5, 5.41) is 4.85. The van der Waals surface area contributed by atoms with Crippen molar-refractivity contribution in [1.29, 1.82) is 0 Å². The van der Waals surface area contributed by atoms with E-state index in [9.17, 15) is 4.79 Å². The van der Waals surface area contributed by atoms with Crippen LogP contribution in [0.5, 0.6) is 0 Å². The van der Waals surface area contributed by atoms with Crippen molar-refractivity contribution in [2.45, 2.75) is 25.7 Å². The molecule has 5 rings (SSSR count). The number of rotatable bonds is 3. The topological polar surface area (TPSA) is 64.2 Å². The second-order valence-electron chi connectivity index (χ2n) is 7.58. The van der Waals surface area contributed by atoms with Crippen molar-refractivity contribution >= 4 is 28.6 Å². The van der Waals surface area contributed by atoms with Gasteiger partial charge >= 0.3 is 0 Å². The van der Waals surface area contributed by atoms with Gasteiger partial charge in [0.05, 0.1) is 16.9 Å². The molecule has 152 valence electrons. The van der Waals surface area contributed by atoms with Crippen molar-refractivity contribution in [2.24, 2.45) is 0 Å². The van der Waals surface area contributed by atoms with Crippen molar-refractivity contribution < 1.29 is 9.21 Å². The number of amides is 1. The monoisotopic (exact) mass is 420 g/mol. The van der Waals surface area contributed by atoms with Gasteiger partial charge in [0.15, 0.2) is 11.5 Å². The number of oxazole rings is 1. The predicted molar refractivity (Wildman–Crippen MR) is 115 cm³/mol. The Morgan fingerprint density at radius 1 is 1.07 bits per heavy atom. The van der Waals surface area contributed by atoms with Crippen LogP contribution < -0.4 is 0 Å². The zero-order valence-electron chi connectivity index (χ0n) is 16.6. The van der Waals surface area contributed by atoms with E-state index in [1.165, 1.54) is 0 Å². The van der Waals surface area contributed by atoms with Gasteiger partial charge in [-0.25, -0.2) is 9.67 Å². The summed E-state index contributed by atoms with van der Waals surface area (Å²) in [6.45, 7) is 3.09. The molecule has 1 amide bonds. The minimum absolute atomic E-state index is 0.0734. The highest BCUT2D eigenvalue weighted by atomic mass is 35.5. The molecule has 6 nitrogen and oxygen atoms in total. The number of piperidine rings is 1. The Bertz CT molecular complexity index is 1170. The van der Waals surface area contributed by atoms with Crippen LogP contribution in [0.25, 0.3) is 16.8 Å². The van der Waals surface area contributed by atoms with Crippen molar-refractivity contribution in [2.75, 3.05) is 13.1 Å². The van der Waals surface area contributed by atoms with Crippen molar-refractivity contribution in [3.8, 4) is 5.69 Å². The van der Waals surface area contributed by atoms with E-state index in [1.54, 1.807) is 4.68 Å². The lowest BCUT2D eigenvalue weighted by Crippen LogP contribution is -2.38. The van der Waals surface area contributed by atoms with Crippen LogP contribution in [0.2, 0.25) is 5.15 Å². The molecule has 0 N–H and O–H groups in total. The number of nitrogens with zero attached hydrogens (tertiary/aromatic N) is 4. The normalized spacial score (nSPS) is 15.1. The number of para-hydroxylation sites is 3. The number of aryl methyl sites for hydroxylation is 1. The standard InChI is InChI=1S/C23H21ClN4O2/c1-15-20(21(24)28(26-15)17-7-3-2-4-8-17)23(29)27-13-11-16(12-14-27)22-25-18-9-5-6-10-19(18)30-22/h2-10,16H,11-14H2,1H3. The Morgan fingerprint density at radius 3 is 2.50 bits per heavy atom. The minimum Gasteiger partial charge on any atom is -0.440 e. The molecule has 1 aliphatic heterocycles. The van der Waals surface area contributed by atoms with E-state index in [-0.39, 0.29) is 11.8 Å². The largest absolute Gasteiger partial charge is 0.440 e. The number of hydrogen-bond acceptors (Lipinski definition) is 4. The van der Waals surface area contributed by atoms with Crippen molar-refractivity contribution in [3.05, 3.63) is 76.9 Å². The number of halogens is 1. The number of carbonyl (C=O) groups excluding carboxylic acids is 1.